The number of aromatic amines is 1. The van der Waals surface area contributed by atoms with E-state index < -0.39 is 0 Å². The second kappa shape index (κ2) is 9.06. The van der Waals surface area contributed by atoms with Gasteiger partial charge in [0.05, 0.1) is 30.6 Å². The monoisotopic (exact) mass is 426 g/mol. The molecule has 2 aromatic heterocycles. The SMILES string of the molecule is CCC1CC(OCc2ccc(OC)cc2)CC1/C(=N/N)c1c(Cl)cnc2[nH]ccc12. The van der Waals surface area contributed by atoms with Gasteiger partial charge in [-0.05, 0) is 42.5 Å². The van der Waals surface area contributed by atoms with Crippen molar-refractivity contribution in [3.8, 4) is 5.75 Å². The third-order valence-corrected chi connectivity index (χ3v) is 6.39. The zero-order chi connectivity index (χ0) is 21.1. The standard InChI is InChI=1S/C23H27ClN4O2/c1-3-15-10-17(30-13-14-4-6-16(29-2)7-5-14)11-19(15)22(28-25)21-18-8-9-26-23(18)27-12-20(21)24/h4-9,12,15,17,19H,3,10-11,13,25H2,1-2H3,(H,26,27)/b28-22-. The largest absolute Gasteiger partial charge is 0.497 e. The molecule has 3 N–H and O–H groups in total. The Balaban J connectivity index is 1.52. The molecule has 1 saturated carbocycles. The number of fused-ring (bicyclic) bond motifs is 1. The van der Waals surface area contributed by atoms with E-state index in [9.17, 15) is 0 Å². The van der Waals surface area contributed by atoms with Crippen LogP contribution in [-0.2, 0) is 11.3 Å². The molecule has 0 amide bonds. The van der Waals surface area contributed by atoms with Crippen LogP contribution in [0.2, 0.25) is 5.02 Å². The van der Waals surface area contributed by atoms with Crippen LogP contribution in [0.5, 0.6) is 5.75 Å². The number of ether oxygens (including phenoxy) is 2. The highest BCUT2D eigenvalue weighted by molar-refractivity contribution is 6.36. The van der Waals surface area contributed by atoms with Gasteiger partial charge in [0.1, 0.15) is 11.4 Å². The molecule has 0 spiro atoms. The van der Waals surface area contributed by atoms with Crippen LogP contribution >= 0.6 is 11.6 Å². The fourth-order valence-corrected chi connectivity index (χ4v) is 4.77. The number of hydrazone groups is 1. The van der Waals surface area contributed by atoms with E-state index in [0.717, 1.165) is 52.9 Å². The Labute approximate surface area is 181 Å². The first-order chi connectivity index (χ1) is 14.6. The molecular weight excluding hydrogens is 400 g/mol. The molecular formula is C23H27ClN4O2. The van der Waals surface area contributed by atoms with Crippen LogP contribution in [-0.4, -0.2) is 28.9 Å². The zero-order valence-electron chi connectivity index (χ0n) is 17.3. The van der Waals surface area contributed by atoms with Crippen molar-refractivity contribution in [2.45, 2.75) is 38.9 Å². The summed E-state index contributed by atoms with van der Waals surface area (Å²) in [6.07, 6.45) is 6.56. The summed E-state index contributed by atoms with van der Waals surface area (Å²) in [4.78, 5) is 7.50. The van der Waals surface area contributed by atoms with E-state index in [4.69, 9.17) is 26.9 Å². The third-order valence-electron chi connectivity index (χ3n) is 6.11. The van der Waals surface area contributed by atoms with Crippen molar-refractivity contribution in [3.63, 3.8) is 0 Å². The Kier molecular flexibility index (Phi) is 6.25. The molecule has 3 unspecified atom stereocenters. The number of methoxy groups -OCH3 is 1. The maximum absolute atomic E-state index is 6.55. The number of pyridine rings is 1. The van der Waals surface area contributed by atoms with E-state index in [1.165, 1.54) is 0 Å². The highest BCUT2D eigenvalue weighted by Gasteiger charge is 2.38. The molecule has 4 rings (SSSR count). The van der Waals surface area contributed by atoms with Crippen molar-refractivity contribution < 1.29 is 9.47 Å². The molecule has 0 aliphatic heterocycles. The summed E-state index contributed by atoms with van der Waals surface area (Å²) < 4.78 is 11.5. The van der Waals surface area contributed by atoms with Crippen molar-refractivity contribution in [1.29, 1.82) is 0 Å². The summed E-state index contributed by atoms with van der Waals surface area (Å²) in [6, 6.07) is 9.96. The van der Waals surface area contributed by atoms with Gasteiger partial charge in [0.15, 0.2) is 0 Å². The molecule has 7 heteroatoms. The highest BCUT2D eigenvalue weighted by atomic mass is 35.5. The van der Waals surface area contributed by atoms with Gasteiger partial charge in [0, 0.05) is 29.3 Å². The summed E-state index contributed by atoms with van der Waals surface area (Å²) in [6.45, 7) is 2.78. The minimum absolute atomic E-state index is 0.154. The molecule has 0 radical (unpaired) electrons. The number of benzene rings is 1. The van der Waals surface area contributed by atoms with E-state index in [1.54, 1.807) is 13.3 Å². The predicted molar refractivity (Wildman–Crippen MR) is 120 cm³/mol. The van der Waals surface area contributed by atoms with Crippen molar-refractivity contribution in [2.75, 3.05) is 7.11 Å². The van der Waals surface area contributed by atoms with Crippen molar-refractivity contribution in [1.82, 2.24) is 9.97 Å². The van der Waals surface area contributed by atoms with E-state index in [-0.39, 0.29) is 12.0 Å². The van der Waals surface area contributed by atoms with Crippen LogP contribution in [0.1, 0.15) is 37.3 Å². The quantitative estimate of drug-likeness (QED) is 0.319. The summed E-state index contributed by atoms with van der Waals surface area (Å²) in [5, 5.41) is 5.74. The topological polar surface area (TPSA) is 85.5 Å². The van der Waals surface area contributed by atoms with E-state index >= 15 is 0 Å². The van der Waals surface area contributed by atoms with Gasteiger partial charge in [-0.3, -0.25) is 0 Å². The van der Waals surface area contributed by atoms with E-state index in [2.05, 4.69) is 22.0 Å². The van der Waals surface area contributed by atoms with E-state index in [1.807, 2.05) is 36.5 Å². The first-order valence-corrected chi connectivity index (χ1v) is 10.7. The maximum Gasteiger partial charge on any atom is 0.137 e. The number of halogens is 1. The highest BCUT2D eigenvalue weighted by Crippen LogP contribution is 2.40. The molecule has 1 aliphatic rings. The lowest BCUT2D eigenvalue weighted by Crippen LogP contribution is -2.22. The van der Waals surface area contributed by atoms with Gasteiger partial charge in [-0.15, -0.1) is 0 Å². The van der Waals surface area contributed by atoms with Crippen LogP contribution < -0.4 is 10.6 Å². The average Bonchev–Trinajstić information content (AvgIpc) is 3.41. The lowest BCUT2D eigenvalue weighted by atomic mass is 9.85. The van der Waals surface area contributed by atoms with Crippen LogP contribution in [0.4, 0.5) is 0 Å². The Morgan fingerprint density at radius 2 is 2.07 bits per heavy atom. The summed E-state index contributed by atoms with van der Waals surface area (Å²) in [5.41, 5.74) is 3.64. The minimum Gasteiger partial charge on any atom is -0.497 e. The summed E-state index contributed by atoms with van der Waals surface area (Å²) in [7, 11) is 1.67. The van der Waals surface area contributed by atoms with Gasteiger partial charge < -0.3 is 20.3 Å². The normalized spacial score (nSPS) is 22.0. The Hall–Kier alpha value is -2.57. The molecule has 1 aliphatic carbocycles. The number of nitrogens with two attached hydrogens (primary N) is 1. The zero-order valence-corrected chi connectivity index (χ0v) is 18.0. The number of nitrogens with one attached hydrogen (secondary N) is 1. The smallest absolute Gasteiger partial charge is 0.137 e. The number of nitrogens with zero attached hydrogens (tertiary/aromatic N) is 2. The first-order valence-electron chi connectivity index (χ1n) is 10.3. The van der Waals surface area contributed by atoms with Crippen LogP contribution in [0, 0.1) is 11.8 Å². The van der Waals surface area contributed by atoms with Gasteiger partial charge in [0.2, 0.25) is 0 Å². The fraction of sp³-hybridized carbons (Fsp3) is 0.391. The van der Waals surface area contributed by atoms with Crippen molar-refractivity contribution in [3.05, 3.63) is 58.9 Å². The van der Waals surface area contributed by atoms with Gasteiger partial charge in [-0.25, -0.2) is 4.98 Å². The Bertz CT molecular complexity index is 1030. The Morgan fingerprint density at radius 3 is 2.77 bits per heavy atom. The molecule has 158 valence electrons. The van der Waals surface area contributed by atoms with Crippen LogP contribution in [0.3, 0.4) is 0 Å². The minimum atomic E-state index is 0.154. The molecule has 2 heterocycles. The van der Waals surface area contributed by atoms with E-state index in [0.29, 0.717) is 17.5 Å². The molecule has 0 saturated heterocycles. The fourth-order valence-electron chi connectivity index (χ4n) is 4.52. The van der Waals surface area contributed by atoms with Gasteiger partial charge in [0.25, 0.3) is 0 Å². The Morgan fingerprint density at radius 1 is 1.27 bits per heavy atom. The molecule has 3 aromatic rings. The van der Waals surface area contributed by atoms with Gasteiger partial charge >= 0.3 is 0 Å². The molecule has 1 fully saturated rings. The molecule has 6 nitrogen and oxygen atoms in total. The molecule has 1 aromatic carbocycles. The lowest BCUT2D eigenvalue weighted by molar-refractivity contribution is 0.0421. The number of rotatable bonds is 7. The second-order valence-corrected chi connectivity index (χ2v) is 8.17. The lowest BCUT2D eigenvalue weighted by Gasteiger charge is -2.20. The molecule has 30 heavy (non-hydrogen) atoms. The molecule has 0 bridgehead atoms. The second-order valence-electron chi connectivity index (χ2n) is 7.76. The predicted octanol–water partition coefficient (Wildman–Crippen LogP) is 4.91. The number of hydrogen-bond acceptors (Lipinski definition) is 5. The first kappa shape index (κ1) is 20.7. The summed E-state index contributed by atoms with van der Waals surface area (Å²) >= 11 is 6.55. The number of aromatic nitrogens is 2. The van der Waals surface area contributed by atoms with Crippen molar-refractivity contribution >= 4 is 28.3 Å². The van der Waals surface area contributed by atoms with Gasteiger partial charge in [-0.2, -0.15) is 5.10 Å². The van der Waals surface area contributed by atoms with Crippen molar-refractivity contribution in [2.24, 2.45) is 22.8 Å². The van der Waals surface area contributed by atoms with Gasteiger partial charge in [-0.1, -0.05) is 37.1 Å². The maximum atomic E-state index is 6.55. The van der Waals surface area contributed by atoms with Crippen LogP contribution in [0.15, 0.2) is 47.8 Å². The average molecular weight is 427 g/mol. The number of hydrogen-bond donors (Lipinski definition) is 2. The molecule has 3 atom stereocenters. The summed E-state index contributed by atoms with van der Waals surface area (Å²) in [5.74, 6) is 7.39. The number of H-pyrrole nitrogens is 1. The van der Waals surface area contributed by atoms with Crippen LogP contribution in [0.25, 0.3) is 11.0 Å². The third kappa shape index (κ3) is 4.02.